The average molecular weight is 388 g/mol. The molecular formula is C17H8Br2O. The van der Waals surface area contributed by atoms with Crippen molar-refractivity contribution in [1.82, 2.24) is 0 Å². The van der Waals surface area contributed by atoms with E-state index >= 15 is 0 Å². The summed E-state index contributed by atoms with van der Waals surface area (Å²) in [5, 5.41) is 2.10. The van der Waals surface area contributed by atoms with E-state index in [9.17, 15) is 4.79 Å². The van der Waals surface area contributed by atoms with E-state index in [0.717, 1.165) is 42.0 Å². The maximum absolute atomic E-state index is 12.8. The van der Waals surface area contributed by atoms with Crippen molar-refractivity contribution in [2.45, 2.75) is 0 Å². The number of benzene rings is 3. The maximum atomic E-state index is 12.8. The third-order valence-electron chi connectivity index (χ3n) is 3.77. The standard InChI is InChI=1S/C17H8Br2O/c18-13-7-5-10-9-3-1-2-4-11(9)17(20)16-14(19)8-6-12(13)15(10)16/h1-8H. The fourth-order valence-electron chi connectivity index (χ4n) is 2.88. The van der Waals surface area contributed by atoms with Crippen LogP contribution in [-0.2, 0) is 0 Å². The van der Waals surface area contributed by atoms with Gasteiger partial charge >= 0.3 is 0 Å². The molecule has 3 heteroatoms. The van der Waals surface area contributed by atoms with Crippen LogP contribution in [0.15, 0.2) is 57.5 Å². The Labute approximate surface area is 132 Å². The lowest BCUT2D eigenvalue weighted by Gasteiger charge is -2.21. The molecule has 0 amide bonds. The summed E-state index contributed by atoms with van der Waals surface area (Å²) in [4.78, 5) is 12.8. The quantitative estimate of drug-likeness (QED) is 0.385. The van der Waals surface area contributed by atoms with Crippen LogP contribution in [0.25, 0.3) is 21.9 Å². The SMILES string of the molecule is O=C1c2ccccc2-c2ccc(Br)c3ccc(Br)c1c23. The van der Waals surface area contributed by atoms with Gasteiger partial charge < -0.3 is 0 Å². The average Bonchev–Trinajstić information content (AvgIpc) is 2.47. The predicted octanol–water partition coefficient (Wildman–Crippen LogP) is 5.58. The fraction of sp³-hybridized carbons (Fsp3) is 0. The summed E-state index contributed by atoms with van der Waals surface area (Å²) in [6.07, 6.45) is 0. The van der Waals surface area contributed by atoms with E-state index in [1.807, 2.05) is 42.5 Å². The van der Waals surface area contributed by atoms with Crippen LogP contribution in [0.3, 0.4) is 0 Å². The Balaban J connectivity index is 2.30. The highest BCUT2D eigenvalue weighted by molar-refractivity contribution is 9.11. The fourth-order valence-corrected chi connectivity index (χ4v) is 3.86. The van der Waals surface area contributed by atoms with Crippen molar-refractivity contribution in [3.63, 3.8) is 0 Å². The summed E-state index contributed by atoms with van der Waals surface area (Å²) in [5.74, 6) is 0.0867. The van der Waals surface area contributed by atoms with Gasteiger partial charge in [0.1, 0.15) is 0 Å². The number of fused-ring (bicyclic) bond motifs is 2. The molecule has 4 rings (SSSR count). The van der Waals surface area contributed by atoms with E-state index in [1.54, 1.807) is 0 Å². The molecule has 1 nitrogen and oxygen atoms in total. The monoisotopic (exact) mass is 386 g/mol. The first kappa shape index (κ1) is 12.3. The van der Waals surface area contributed by atoms with Gasteiger partial charge in [-0.15, -0.1) is 0 Å². The third-order valence-corrected chi connectivity index (χ3v) is 5.12. The van der Waals surface area contributed by atoms with E-state index in [1.165, 1.54) is 0 Å². The Morgan fingerprint density at radius 3 is 2.20 bits per heavy atom. The summed E-state index contributed by atoms with van der Waals surface area (Å²) in [6, 6.07) is 15.9. The van der Waals surface area contributed by atoms with Crippen LogP contribution >= 0.6 is 31.9 Å². The van der Waals surface area contributed by atoms with Crippen molar-refractivity contribution in [2.24, 2.45) is 0 Å². The van der Waals surface area contributed by atoms with E-state index in [-0.39, 0.29) is 5.78 Å². The number of rotatable bonds is 0. The van der Waals surface area contributed by atoms with Crippen LogP contribution in [0.5, 0.6) is 0 Å². The highest BCUT2D eigenvalue weighted by Gasteiger charge is 2.27. The number of halogens is 2. The predicted molar refractivity (Wildman–Crippen MR) is 88.2 cm³/mol. The van der Waals surface area contributed by atoms with Crippen LogP contribution < -0.4 is 0 Å². The number of hydrogen-bond donors (Lipinski definition) is 0. The first-order valence-electron chi connectivity index (χ1n) is 6.23. The topological polar surface area (TPSA) is 17.1 Å². The molecule has 1 aliphatic rings. The Hall–Kier alpha value is -1.45. The summed E-state index contributed by atoms with van der Waals surface area (Å²) >= 11 is 7.10. The first-order valence-corrected chi connectivity index (χ1v) is 7.82. The molecule has 0 radical (unpaired) electrons. The van der Waals surface area contributed by atoms with Gasteiger partial charge in [0.25, 0.3) is 0 Å². The lowest BCUT2D eigenvalue weighted by Crippen LogP contribution is -2.10. The molecule has 0 bridgehead atoms. The van der Waals surface area contributed by atoms with Crippen molar-refractivity contribution in [2.75, 3.05) is 0 Å². The van der Waals surface area contributed by atoms with Crippen LogP contribution in [0.2, 0.25) is 0 Å². The molecule has 0 spiro atoms. The van der Waals surface area contributed by atoms with Gasteiger partial charge in [0.15, 0.2) is 5.78 Å². The van der Waals surface area contributed by atoms with E-state index in [4.69, 9.17) is 0 Å². The van der Waals surface area contributed by atoms with Gasteiger partial charge in [-0.2, -0.15) is 0 Å². The Kier molecular flexibility index (Phi) is 2.63. The lowest BCUT2D eigenvalue weighted by molar-refractivity contribution is 0.103. The van der Waals surface area contributed by atoms with Gasteiger partial charge in [-0.1, -0.05) is 68.3 Å². The summed E-state index contributed by atoms with van der Waals surface area (Å²) in [5.41, 5.74) is 3.67. The van der Waals surface area contributed by atoms with Gasteiger partial charge in [0.2, 0.25) is 0 Å². The molecule has 0 aliphatic heterocycles. The molecule has 0 saturated carbocycles. The smallest absolute Gasteiger partial charge is 0.195 e. The van der Waals surface area contributed by atoms with Crippen molar-refractivity contribution in [3.8, 4) is 11.1 Å². The van der Waals surface area contributed by atoms with Crippen LogP contribution in [-0.4, -0.2) is 5.78 Å². The molecular weight excluding hydrogens is 380 g/mol. The first-order chi connectivity index (χ1) is 9.68. The molecule has 20 heavy (non-hydrogen) atoms. The molecule has 0 aromatic heterocycles. The van der Waals surface area contributed by atoms with Crippen LogP contribution in [0.4, 0.5) is 0 Å². The number of carbonyl (C=O) groups excluding carboxylic acids is 1. The summed E-state index contributed by atoms with van der Waals surface area (Å²) in [7, 11) is 0. The molecule has 0 N–H and O–H groups in total. The molecule has 0 unspecified atom stereocenters. The number of carbonyl (C=O) groups is 1. The summed E-state index contributed by atoms with van der Waals surface area (Å²) in [6.45, 7) is 0. The van der Waals surface area contributed by atoms with Crippen molar-refractivity contribution < 1.29 is 4.79 Å². The van der Waals surface area contributed by atoms with Crippen molar-refractivity contribution >= 4 is 48.4 Å². The van der Waals surface area contributed by atoms with Gasteiger partial charge in [0.05, 0.1) is 0 Å². The highest BCUT2D eigenvalue weighted by Crippen LogP contribution is 2.43. The highest BCUT2D eigenvalue weighted by atomic mass is 79.9. The molecule has 0 saturated heterocycles. The second-order valence-corrected chi connectivity index (χ2v) is 6.52. The van der Waals surface area contributed by atoms with Crippen molar-refractivity contribution in [1.29, 1.82) is 0 Å². The second-order valence-electron chi connectivity index (χ2n) is 4.81. The minimum Gasteiger partial charge on any atom is -0.289 e. The second kappa shape index (κ2) is 4.27. The minimum atomic E-state index is 0.0867. The zero-order chi connectivity index (χ0) is 13.9. The van der Waals surface area contributed by atoms with Crippen molar-refractivity contribution in [3.05, 3.63) is 68.6 Å². The van der Waals surface area contributed by atoms with Crippen LogP contribution in [0.1, 0.15) is 15.9 Å². The van der Waals surface area contributed by atoms with Gasteiger partial charge in [-0.25, -0.2) is 0 Å². The zero-order valence-corrected chi connectivity index (χ0v) is 13.5. The molecule has 96 valence electrons. The Morgan fingerprint density at radius 2 is 1.40 bits per heavy atom. The van der Waals surface area contributed by atoms with Gasteiger partial charge in [-0.3, -0.25) is 4.79 Å². The molecule has 0 fully saturated rings. The van der Waals surface area contributed by atoms with Gasteiger partial charge in [-0.05, 0) is 28.6 Å². The lowest BCUT2D eigenvalue weighted by atomic mass is 9.83. The van der Waals surface area contributed by atoms with E-state index in [0.29, 0.717) is 0 Å². The molecule has 0 atom stereocenters. The molecule has 0 heterocycles. The zero-order valence-electron chi connectivity index (χ0n) is 10.3. The van der Waals surface area contributed by atoms with E-state index in [2.05, 4.69) is 37.9 Å². The molecule has 1 aliphatic carbocycles. The largest absolute Gasteiger partial charge is 0.289 e. The Bertz CT molecular complexity index is 897. The number of hydrogen-bond acceptors (Lipinski definition) is 1. The molecule has 3 aromatic carbocycles. The normalized spacial score (nSPS) is 12.6. The number of ketones is 1. The van der Waals surface area contributed by atoms with E-state index < -0.39 is 0 Å². The Morgan fingerprint density at radius 1 is 0.700 bits per heavy atom. The minimum absolute atomic E-state index is 0.0867. The maximum Gasteiger partial charge on any atom is 0.195 e. The van der Waals surface area contributed by atoms with Gasteiger partial charge in [0, 0.05) is 25.5 Å². The molecule has 3 aromatic rings. The third kappa shape index (κ3) is 1.51. The van der Waals surface area contributed by atoms with Crippen LogP contribution in [0, 0.1) is 0 Å². The summed E-state index contributed by atoms with van der Waals surface area (Å²) < 4.78 is 1.86.